The van der Waals surface area contributed by atoms with Gasteiger partial charge in [0.15, 0.2) is 0 Å². The Morgan fingerprint density at radius 3 is 2.43 bits per heavy atom. The maximum atomic E-state index is 11.4. The molecule has 2 fully saturated rings. The highest BCUT2D eigenvalue weighted by molar-refractivity contribution is 5.13. The molecule has 120 valence electrons. The van der Waals surface area contributed by atoms with Crippen LogP contribution >= 0.6 is 0 Å². The van der Waals surface area contributed by atoms with Crippen LogP contribution in [0.15, 0.2) is 0 Å². The molecule has 4 atom stereocenters. The Kier molecular flexibility index (Phi) is 5.72. The van der Waals surface area contributed by atoms with Crippen molar-refractivity contribution in [3.8, 4) is 6.07 Å². The number of nitrogens with zero attached hydrogens (tertiary/aromatic N) is 1. The first-order chi connectivity index (χ1) is 10.1. The van der Waals surface area contributed by atoms with E-state index in [4.69, 9.17) is 0 Å². The molecule has 2 aliphatic rings. The highest BCUT2D eigenvalue weighted by Crippen LogP contribution is 2.52. The van der Waals surface area contributed by atoms with Crippen LogP contribution in [0.4, 0.5) is 0 Å². The summed E-state index contributed by atoms with van der Waals surface area (Å²) in [4.78, 5) is 0. The lowest BCUT2D eigenvalue weighted by molar-refractivity contribution is -0.0928. The molecule has 2 rings (SSSR count). The summed E-state index contributed by atoms with van der Waals surface area (Å²) in [5.41, 5.74) is -1.19. The van der Waals surface area contributed by atoms with E-state index in [9.17, 15) is 10.4 Å². The fourth-order valence-electron chi connectivity index (χ4n) is 4.94. The van der Waals surface area contributed by atoms with Gasteiger partial charge in [-0.1, -0.05) is 58.8 Å². The van der Waals surface area contributed by atoms with Crippen LogP contribution in [0.1, 0.15) is 90.9 Å². The summed E-state index contributed by atoms with van der Waals surface area (Å²) in [6.07, 6.45) is 13.0. The van der Waals surface area contributed by atoms with Crippen molar-refractivity contribution in [2.24, 2.45) is 17.3 Å². The topological polar surface area (TPSA) is 44.0 Å². The fourth-order valence-corrected chi connectivity index (χ4v) is 4.94. The maximum Gasteiger partial charge on any atom is 0.0862 e. The first-order valence-corrected chi connectivity index (χ1v) is 9.23. The molecule has 4 unspecified atom stereocenters. The Labute approximate surface area is 130 Å². The first-order valence-electron chi connectivity index (χ1n) is 9.23. The Bertz CT molecular complexity index is 374. The van der Waals surface area contributed by atoms with E-state index < -0.39 is 11.0 Å². The third-order valence-corrected chi connectivity index (χ3v) is 6.40. The lowest BCUT2D eigenvalue weighted by Crippen LogP contribution is -2.49. The van der Waals surface area contributed by atoms with E-state index in [1.807, 2.05) is 0 Å². The Hall–Kier alpha value is -0.550. The van der Waals surface area contributed by atoms with Crippen LogP contribution in [0.2, 0.25) is 0 Å². The van der Waals surface area contributed by atoms with E-state index in [1.165, 1.54) is 25.7 Å². The molecule has 0 heterocycles. The lowest BCUT2D eigenvalue weighted by Gasteiger charge is -2.47. The predicted octanol–water partition coefficient (Wildman–Crippen LogP) is 5.21. The van der Waals surface area contributed by atoms with Crippen molar-refractivity contribution in [3.63, 3.8) is 0 Å². The molecule has 2 saturated carbocycles. The van der Waals surface area contributed by atoms with E-state index >= 15 is 0 Å². The van der Waals surface area contributed by atoms with Crippen LogP contribution in [-0.4, -0.2) is 10.7 Å². The molecule has 0 aliphatic heterocycles. The average Bonchev–Trinajstić information content (AvgIpc) is 2.71. The van der Waals surface area contributed by atoms with E-state index in [1.54, 1.807) is 0 Å². The van der Waals surface area contributed by atoms with E-state index in [2.05, 4.69) is 19.9 Å². The van der Waals surface area contributed by atoms with Crippen molar-refractivity contribution in [2.75, 3.05) is 0 Å². The molecule has 1 N–H and O–H groups in total. The average molecular weight is 291 g/mol. The van der Waals surface area contributed by atoms with Gasteiger partial charge >= 0.3 is 0 Å². The molecule has 2 aliphatic carbocycles. The van der Waals surface area contributed by atoms with Crippen molar-refractivity contribution in [2.45, 2.75) is 96.5 Å². The Morgan fingerprint density at radius 1 is 1.05 bits per heavy atom. The summed E-state index contributed by atoms with van der Waals surface area (Å²) in [7, 11) is 0. The molecular formula is C19H33NO. The zero-order valence-corrected chi connectivity index (χ0v) is 14.0. The molecule has 0 aromatic rings. The zero-order chi connectivity index (χ0) is 15.3. The molecule has 0 aromatic carbocycles. The molecule has 21 heavy (non-hydrogen) atoms. The normalized spacial score (nSPS) is 41.2. The molecule has 0 amide bonds. The quantitative estimate of drug-likeness (QED) is 0.723. The molecule has 2 nitrogen and oxygen atoms in total. The van der Waals surface area contributed by atoms with Gasteiger partial charge in [0, 0.05) is 0 Å². The Balaban J connectivity index is 2.14. The van der Waals surface area contributed by atoms with Crippen LogP contribution in [0.5, 0.6) is 0 Å². The van der Waals surface area contributed by atoms with Gasteiger partial charge in [0.05, 0.1) is 17.1 Å². The number of hydrogen-bond donors (Lipinski definition) is 1. The molecule has 0 aromatic heterocycles. The number of hydrogen-bond acceptors (Lipinski definition) is 2. The Morgan fingerprint density at radius 2 is 1.76 bits per heavy atom. The third kappa shape index (κ3) is 3.45. The van der Waals surface area contributed by atoms with Gasteiger partial charge < -0.3 is 5.11 Å². The smallest absolute Gasteiger partial charge is 0.0862 e. The van der Waals surface area contributed by atoms with E-state index in [0.29, 0.717) is 5.92 Å². The van der Waals surface area contributed by atoms with Crippen LogP contribution in [0.3, 0.4) is 0 Å². The summed E-state index contributed by atoms with van der Waals surface area (Å²) in [6, 6.07) is 2.62. The lowest BCUT2D eigenvalue weighted by atomic mass is 9.59. The summed E-state index contributed by atoms with van der Waals surface area (Å²) in [5.74, 6) is 1.41. The first kappa shape index (κ1) is 16.8. The van der Waals surface area contributed by atoms with Crippen molar-refractivity contribution in [3.05, 3.63) is 0 Å². The summed E-state index contributed by atoms with van der Waals surface area (Å²) in [5, 5.41) is 21.3. The van der Waals surface area contributed by atoms with Crippen molar-refractivity contribution in [1.29, 1.82) is 5.26 Å². The summed E-state index contributed by atoms with van der Waals surface area (Å²) < 4.78 is 0. The van der Waals surface area contributed by atoms with Gasteiger partial charge in [-0.2, -0.15) is 5.26 Å². The van der Waals surface area contributed by atoms with Gasteiger partial charge in [-0.25, -0.2) is 0 Å². The van der Waals surface area contributed by atoms with Gasteiger partial charge in [0.2, 0.25) is 0 Å². The predicted molar refractivity (Wildman–Crippen MR) is 86.7 cm³/mol. The van der Waals surface area contributed by atoms with Gasteiger partial charge in [-0.3, -0.25) is 0 Å². The van der Waals surface area contributed by atoms with E-state index in [-0.39, 0.29) is 0 Å². The highest BCUT2D eigenvalue weighted by atomic mass is 16.3. The number of rotatable bonds is 4. The molecule has 0 spiro atoms. The number of aliphatic hydroxyl groups is 1. The van der Waals surface area contributed by atoms with Crippen LogP contribution in [-0.2, 0) is 0 Å². The molecule has 0 bridgehead atoms. The monoisotopic (exact) mass is 291 g/mol. The van der Waals surface area contributed by atoms with Crippen molar-refractivity contribution in [1.82, 2.24) is 0 Å². The van der Waals surface area contributed by atoms with Crippen molar-refractivity contribution >= 4 is 0 Å². The molecular weight excluding hydrogens is 258 g/mol. The second-order valence-corrected chi connectivity index (χ2v) is 7.68. The fraction of sp³-hybridized carbons (Fsp3) is 0.947. The maximum absolute atomic E-state index is 11.4. The van der Waals surface area contributed by atoms with Gasteiger partial charge in [-0.15, -0.1) is 0 Å². The zero-order valence-electron chi connectivity index (χ0n) is 14.0. The van der Waals surface area contributed by atoms with Gasteiger partial charge in [0.1, 0.15) is 0 Å². The summed E-state index contributed by atoms with van der Waals surface area (Å²) in [6.45, 7) is 4.48. The molecule has 2 heteroatoms. The third-order valence-electron chi connectivity index (χ3n) is 6.40. The SMILES string of the molecule is CCCC1CCCC(O)(C2(C#N)CCCC(CC)C2)CC1. The highest BCUT2D eigenvalue weighted by Gasteiger charge is 2.52. The van der Waals surface area contributed by atoms with Gasteiger partial charge in [-0.05, 0) is 43.9 Å². The number of nitriles is 1. The minimum Gasteiger partial charge on any atom is -0.388 e. The van der Waals surface area contributed by atoms with Crippen LogP contribution in [0.25, 0.3) is 0 Å². The molecule has 0 radical (unpaired) electrons. The van der Waals surface area contributed by atoms with E-state index in [0.717, 1.165) is 57.3 Å². The van der Waals surface area contributed by atoms with Crippen LogP contribution < -0.4 is 0 Å². The minimum absolute atomic E-state index is 0.465. The second kappa shape index (κ2) is 7.14. The second-order valence-electron chi connectivity index (χ2n) is 7.68. The van der Waals surface area contributed by atoms with Gasteiger partial charge in [0.25, 0.3) is 0 Å². The standard InChI is InChI=1S/C19H33NO/c1-3-7-17-9-6-12-19(21,13-10-17)18(15-20)11-5-8-16(4-2)14-18/h16-17,21H,3-14H2,1-2H3. The van der Waals surface area contributed by atoms with Crippen LogP contribution in [0, 0.1) is 28.6 Å². The minimum atomic E-state index is -0.724. The summed E-state index contributed by atoms with van der Waals surface area (Å²) >= 11 is 0. The molecule has 0 saturated heterocycles. The van der Waals surface area contributed by atoms with Crippen molar-refractivity contribution < 1.29 is 5.11 Å². The largest absolute Gasteiger partial charge is 0.388 e.